The molecule has 8 heteroatoms. The van der Waals surface area contributed by atoms with Gasteiger partial charge in [-0.15, -0.1) is 0 Å². The third kappa shape index (κ3) is 6.44. The van der Waals surface area contributed by atoms with Crippen molar-refractivity contribution >= 4 is 29.3 Å². The van der Waals surface area contributed by atoms with Crippen LogP contribution in [0.2, 0.25) is 5.02 Å². The Morgan fingerprint density at radius 3 is 2.13 bits per heavy atom. The van der Waals surface area contributed by atoms with Crippen LogP contribution in [0.1, 0.15) is 42.5 Å². The molecule has 2 aliphatic heterocycles. The van der Waals surface area contributed by atoms with Crippen LogP contribution < -0.4 is 5.32 Å². The maximum absolute atomic E-state index is 12.5. The fourth-order valence-electron chi connectivity index (χ4n) is 3.95. The van der Waals surface area contributed by atoms with Crippen LogP contribution >= 0.6 is 11.6 Å². The number of halogens is 1. The average Bonchev–Trinajstić information content (AvgIpc) is 3.04. The molecule has 0 radical (unpaired) electrons. The van der Waals surface area contributed by atoms with Crippen molar-refractivity contribution in [1.29, 1.82) is 0 Å². The molecule has 2 saturated heterocycles. The topological polar surface area (TPSA) is 73.0 Å². The number of nitrogens with zero attached hydrogens (tertiary/aromatic N) is 3. The van der Waals surface area contributed by atoms with Gasteiger partial charge in [-0.25, -0.2) is 0 Å². The summed E-state index contributed by atoms with van der Waals surface area (Å²) in [4.78, 5) is 43.1. The number of hydrogen-bond acceptors (Lipinski definition) is 4. The van der Waals surface area contributed by atoms with Crippen molar-refractivity contribution in [2.24, 2.45) is 0 Å². The Bertz CT molecular complexity index is 742. The minimum Gasteiger partial charge on any atom is -0.351 e. The number of carbonyl (C=O) groups excluding carboxylic acids is 3. The van der Waals surface area contributed by atoms with Gasteiger partial charge in [-0.2, -0.15) is 0 Å². The molecule has 1 aromatic rings. The molecule has 2 heterocycles. The number of hydrogen-bond donors (Lipinski definition) is 1. The van der Waals surface area contributed by atoms with Gasteiger partial charge in [0.1, 0.15) is 0 Å². The molecule has 2 fully saturated rings. The Hall–Kier alpha value is -2.12. The van der Waals surface area contributed by atoms with Gasteiger partial charge in [0.2, 0.25) is 11.8 Å². The SMILES string of the molecule is O=C(NCCC(=O)N1CCN(CC(=O)N2CCCCCC2)CC1)c1ccccc1Cl. The summed E-state index contributed by atoms with van der Waals surface area (Å²) < 4.78 is 0. The van der Waals surface area contributed by atoms with E-state index in [0.29, 0.717) is 43.3 Å². The van der Waals surface area contributed by atoms with Crippen LogP contribution in [0, 0.1) is 0 Å². The summed E-state index contributed by atoms with van der Waals surface area (Å²) in [5.41, 5.74) is 0.411. The molecule has 3 rings (SSSR count). The predicted molar refractivity (Wildman–Crippen MR) is 116 cm³/mol. The molecule has 7 nitrogen and oxygen atoms in total. The zero-order valence-corrected chi connectivity index (χ0v) is 18.2. The highest BCUT2D eigenvalue weighted by atomic mass is 35.5. The summed E-state index contributed by atoms with van der Waals surface area (Å²) in [6.45, 7) is 5.10. The number of nitrogens with one attached hydrogen (secondary N) is 1. The molecular formula is C22H31ClN4O3. The number of amides is 3. The van der Waals surface area contributed by atoms with Gasteiger partial charge < -0.3 is 15.1 Å². The molecule has 1 N–H and O–H groups in total. The Labute approximate surface area is 183 Å². The second-order valence-electron chi connectivity index (χ2n) is 7.94. The summed E-state index contributed by atoms with van der Waals surface area (Å²) >= 11 is 6.02. The van der Waals surface area contributed by atoms with E-state index in [1.54, 1.807) is 24.3 Å². The van der Waals surface area contributed by atoms with Crippen LogP contribution in [0.15, 0.2) is 24.3 Å². The number of piperazine rings is 1. The third-order valence-corrected chi connectivity index (χ3v) is 6.12. The van der Waals surface area contributed by atoms with Crippen LogP contribution in [-0.4, -0.2) is 84.8 Å². The molecule has 164 valence electrons. The fourth-order valence-corrected chi connectivity index (χ4v) is 4.17. The highest BCUT2D eigenvalue weighted by Crippen LogP contribution is 2.14. The van der Waals surface area contributed by atoms with Crippen molar-refractivity contribution < 1.29 is 14.4 Å². The summed E-state index contributed by atoms with van der Waals surface area (Å²) in [7, 11) is 0. The Balaban J connectivity index is 1.35. The molecule has 30 heavy (non-hydrogen) atoms. The largest absolute Gasteiger partial charge is 0.351 e. The number of benzene rings is 1. The first kappa shape index (κ1) is 22.6. The number of carbonyl (C=O) groups is 3. The molecule has 0 bridgehead atoms. The number of likely N-dealkylation sites (tertiary alicyclic amines) is 1. The quantitative estimate of drug-likeness (QED) is 0.743. The van der Waals surface area contributed by atoms with Gasteiger partial charge in [0, 0.05) is 52.2 Å². The highest BCUT2D eigenvalue weighted by molar-refractivity contribution is 6.33. The standard InChI is InChI=1S/C22H31ClN4O3/c23-19-8-4-3-7-18(19)22(30)24-10-9-20(28)27-15-13-25(14-16-27)17-21(29)26-11-5-1-2-6-12-26/h3-4,7-8H,1-2,5-6,9-17H2,(H,24,30). The normalized spacial score (nSPS) is 18.0. The summed E-state index contributed by atoms with van der Waals surface area (Å²) in [5.74, 6) is -0.0443. The summed E-state index contributed by atoms with van der Waals surface area (Å²) in [6.07, 6.45) is 4.87. The molecule has 0 spiro atoms. The average molecular weight is 435 g/mol. The van der Waals surface area contributed by atoms with Crippen molar-refractivity contribution in [2.45, 2.75) is 32.1 Å². The lowest BCUT2D eigenvalue weighted by Crippen LogP contribution is -2.52. The maximum Gasteiger partial charge on any atom is 0.252 e. The molecule has 2 aliphatic rings. The molecule has 0 aromatic heterocycles. The zero-order valence-electron chi connectivity index (χ0n) is 17.4. The van der Waals surface area contributed by atoms with E-state index in [1.165, 1.54) is 12.8 Å². The first-order valence-corrected chi connectivity index (χ1v) is 11.2. The second-order valence-corrected chi connectivity index (χ2v) is 8.34. The maximum atomic E-state index is 12.5. The van der Waals surface area contributed by atoms with Crippen LogP contribution in [0.25, 0.3) is 0 Å². The van der Waals surface area contributed by atoms with E-state index in [2.05, 4.69) is 10.2 Å². The smallest absolute Gasteiger partial charge is 0.252 e. The van der Waals surface area contributed by atoms with E-state index in [9.17, 15) is 14.4 Å². The predicted octanol–water partition coefficient (Wildman–Crippen LogP) is 2.01. The van der Waals surface area contributed by atoms with E-state index < -0.39 is 0 Å². The van der Waals surface area contributed by atoms with Gasteiger partial charge in [-0.3, -0.25) is 19.3 Å². The molecular weight excluding hydrogens is 404 g/mol. The van der Waals surface area contributed by atoms with Crippen molar-refractivity contribution in [2.75, 3.05) is 52.4 Å². The van der Waals surface area contributed by atoms with E-state index in [-0.39, 0.29) is 30.7 Å². The van der Waals surface area contributed by atoms with Crippen molar-refractivity contribution in [3.8, 4) is 0 Å². The first-order valence-electron chi connectivity index (χ1n) is 10.9. The van der Waals surface area contributed by atoms with Gasteiger partial charge in [0.15, 0.2) is 0 Å². The lowest BCUT2D eigenvalue weighted by molar-refractivity contribution is -0.135. The van der Waals surface area contributed by atoms with Crippen LogP contribution in [0.3, 0.4) is 0 Å². The molecule has 3 amide bonds. The molecule has 0 saturated carbocycles. The van der Waals surface area contributed by atoms with Crippen molar-refractivity contribution in [3.63, 3.8) is 0 Å². The minimum absolute atomic E-state index is 0.0213. The molecule has 1 aromatic carbocycles. The molecule has 0 atom stereocenters. The molecule has 0 unspecified atom stereocenters. The highest BCUT2D eigenvalue weighted by Gasteiger charge is 2.24. The Morgan fingerprint density at radius 1 is 0.833 bits per heavy atom. The van der Waals surface area contributed by atoms with Crippen LogP contribution in [0.5, 0.6) is 0 Å². The van der Waals surface area contributed by atoms with Gasteiger partial charge in [0.25, 0.3) is 5.91 Å². The van der Waals surface area contributed by atoms with Gasteiger partial charge >= 0.3 is 0 Å². The van der Waals surface area contributed by atoms with Crippen molar-refractivity contribution in [1.82, 2.24) is 20.0 Å². The van der Waals surface area contributed by atoms with E-state index >= 15 is 0 Å². The van der Waals surface area contributed by atoms with Gasteiger partial charge in [-0.05, 0) is 25.0 Å². The Morgan fingerprint density at radius 2 is 1.47 bits per heavy atom. The van der Waals surface area contributed by atoms with Crippen LogP contribution in [-0.2, 0) is 9.59 Å². The van der Waals surface area contributed by atoms with E-state index in [1.807, 2.05) is 9.80 Å². The summed E-state index contributed by atoms with van der Waals surface area (Å²) in [6, 6.07) is 6.84. The van der Waals surface area contributed by atoms with Gasteiger partial charge in [-0.1, -0.05) is 36.6 Å². The monoisotopic (exact) mass is 434 g/mol. The van der Waals surface area contributed by atoms with Crippen molar-refractivity contribution in [3.05, 3.63) is 34.9 Å². The zero-order chi connectivity index (χ0) is 21.3. The lowest BCUT2D eigenvalue weighted by atomic mass is 10.2. The molecule has 0 aliphatic carbocycles. The van der Waals surface area contributed by atoms with E-state index in [0.717, 1.165) is 25.9 Å². The lowest BCUT2D eigenvalue weighted by Gasteiger charge is -2.35. The minimum atomic E-state index is -0.273. The van der Waals surface area contributed by atoms with E-state index in [4.69, 9.17) is 11.6 Å². The summed E-state index contributed by atoms with van der Waals surface area (Å²) in [5, 5.41) is 3.15. The third-order valence-electron chi connectivity index (χ3n) is 5.79. The number of rotatable bonds is 6. The first-order chi connectivity index (χ1) is 14.5. The fraction of sp³-hybridized carbons (Fsp3) is 0.591. The Kier molecular flexibility index (Phi) is 8.51. The van der Waals surface area contributed by atoms with Crippen LogP contribution in [0.4, 0.5) is 0 Å². The second kappa shape index (κ2) is 11.3. The van der Waals surface area contributed by atoms with Gasteiger partial charge in [0.05, 0.1) is 17.1 Å².